The van der Waals surface area contributed by atoms with E-state index in [-0.39, 0.29) is 47.7 Å². The van der Waals surface area contributed by atoms with E-state index in [9.17, 15) is 41.8 Å². The first-order valence-electron chi connectivity index (χ1n) is 13.2. The molecule has 3 aromatic rings. The summed E-state index contributed by atoms with van der Waals surface area (Å²) < 4.78 is 53.8. The number of carbonyl (C=O) groups is 3. The number of nitrogens with one attached hydrogen (secondary N) is 2. The van der Waals surface area contributed by atoms with Crippen LogP contribution in [0.25, 0.3) is 11.0 Å². The monoisotopic (exact) mass is 608 g/mol. The van der Waals surface area contributed by atoms with Gasteiger partial charge in [0.1, 0.15) is 11.5 Å². The van der Waals surface area contributed by atoms with Crippen molar-refractivity contribution in [3.63, 3.8) is 0 Å². The number of amides is 3. The van der Waals surface area contributed by atoms with E-state index in [2.05, 4.69) is 15.3 Å². The molecule has 232 valence electrons. The Bertz CT molecular complexity index is 1560. The van der Waals surface area contributed by atoms with Gasteiger partial charge in [0.15, 0.2) is 0 Å². The number of alkyl halides is 3. The highest BCUT2D eigenvalue weighted by Gasteiger charge is 2.28. The number of hydrogen-bond donors (Lipinski definition) is 3. The van der Waals surface area contributed by atoms with E-state index in [1.54, 1.807) is 20.2 Å². The number of aromatic amines is 1. The Morgan fingerprint density at radius 3 is 2.60 bits per heavy atom. The lowest BCUT2D eigenvalue weighted by Crippen LogP contribution is -2.37. The van der Waals surface area contributed by atoms with Gasteiger partial charge in [-0.25, -0.2) is 9.18 Å². The highest BCUT2D eigenvalue weighted by Crippen LogP contribution is 2.27. The van der Waals surface area contributed by atoms with E-state index < -0.39 is 48.3 Å². The zero-order valence-corrected chi connectivity index (χ0v) is 23.7. The summed E-state index contributed by atoms with van der Waals surface area (Å²) in [7, 11) is 4.48. The van der Waals surface area contributed by atoms with Gasteiger partial charge in [-0.1, -0.05) is 6.08 Å². The van der Waals surface area contributed by atoms with Crippen LogP contribution in [0, 0.1) is 11.7 Å². The standard InChI is InChI=1S/C28H32F4N6O5/c1-36(2)23(39)9-5-4-7-17(15-37(3)27(42)43)25(40)35-21-8-6-12-38(26(21)41)16-18-13-22-24(34-18)19(20(29)14-33-22)10-11-28(30,31)32/h5-6,8-9,12-14,17,34H,4,7,10-11,15-16H2,1-3H3,(H,35,40)(H,42,43)/b9-5+/t17-/m0/s1. The maximum absolute atomic E-state index is 14.3. The summed E-state index contributed by atoms with van der Waals surface area (Å²) in [5, 5.41) is 11.8. The zero-order valence-electron chi connectivity index (χ0n) is 23.7. The molecule has 15 heteroatoms. The minimum absolute atomic E-state index is 0.0834. The number of nitrogens with zero attached hydrogens (tertiary/aromatic N) is 4. The van der Waals surface area contributed by atoms with Gasteiger partial charge in [0, 0.05) is 51.6 Å². The summed E-state index contributed by atoms with van der Waals surface area (Å²) >= 11 is 0. The third kappa shape index (κ3) is 9.15. The van der Waals surface area contributed by atoms with Gasteiger partial charge in [-0.3, -0.25) is 19.4 Å². The van der Waals surface area contributed by atoms with Gasteiger partial charge in [-0.2, -0.15) is 13.2 Å². The number of carbonyl (C=O) groups excluding carboxylic acids is 2. The summed E-state index contributed by atoms with van der Waals surface area (Å²) in [6.45, 7) is -0.248. The third-order valence-electron chi connectivity index (χ3n) is 6.61. The molecule has 0 spiro atoms. The Morgan fingerprint density at radius 2 is 1.95 bits per heavy atom. The molecule has 0 bridgehead atoms. The number of anilines is 1. The van der Waals surface area contributed by atoms with Gasteiger partial charge < -0.3 is 29.8 Å². The molecule has 0 aliphatic carbocycles. The van der Waals surface area contributed by atoms with Crippen LogP contribution in [0.3, 0.4) is 0 Å². The number of aryl methyl sites for hydroxylation is 1. The van der Waals surface area contributed by atoms with E-state index >= 15 is 0 Å². The average molecular weight is 609 g/mol. The smallest absolute Gasteiger partial charge is 0.407 e. The molecule has 3 rings (SSSR count). The Labute approximate surface area is 243 Å². The van der Waals surface area contributed by atoms with Crippen molar-refractivity contribution in [1.82, 2.24) is 24.3 Å². The molecule has 0 aliphatic rings. The van der Waals surface area contributed by atoms with Crippen LogP contribution < -0.4 is 10.9 Å². The molecule has 3 N–H and O–H groups in total. The summed E-state index contributed by atoms with van der Waals surface area (Å²) in [6.07, 6.45) is -1.82. The normalized spacial score (nSPS) is 12.4. The first-order valence-corrected chi connectivity index (χ1v) is 13.2. The van der Waals surface area contributed by atoms with Crippen molar-refractivity contribution >= 4 is 34.6 Å². The van der Waals surface area contributed by atoms with Crippen molar-refractivity contribution < 1.29 is 37.1 Å². The second-order valence-electron chi connectivity index (χ2n) is 10.2. The average Bonchev–Trinajstić information content (AvgIpc) is 3.33. The number of H-pyrrole nitrogens is 1. The van der Waals surface area contributed by atoms with Crippen molar-refractivity contribution in [2.45, 2.75) is 38.4 Å². The molecule has 3 aromatic heterocycles. The Balaban J connectivity index is 1.79. The number of pyridine rings is 2. The van der Waals surface area contributed by atoms with Crippen LogP contribution in [-0.4, -0.2) is 81.2 Å². The lowest BCUT2D eigenvalue weighted by Gasteiger charge is -2.21. The quantitative estimate of drug-likeness (QED) is 0.210. The van der Waals surface area contributed by atoms with Crippen LogP contribution in [0.15, 0.2) is 47.5 Å². The van der Waals surface area contributed by atoms with Crippen molar-refractivity contribution in [2.75, 3.05) is 33.0 Å². The SMILES string of the molecule is CN(C)C(=O)/C=C/CC[C@@H](CN(C)C(=O)O)C(=O)Nc1cccn(Cc2cc3ncc(F)c(CCC(F)(F)F)c3[nH]2)c1=O. The topological polar surface area (TPSA) is 141 Å². The van der Waals surface area contributed by atoms with E-state index in [0.29, 0.717) is 12.1 Å². The molecule has 3 heterocycles. The number of rotatable bonds is 12. The number of halogens is 4. The maximum atomic E-state index is 14.3. The van der Waals surface area contributed by atoms with Gasteiger partial charge in [-0.05, 0) is 43.5 Å². The predicted molar refractivity (Wildman–Crippen MR) is 150 cm³/mol. The first-order chi connectivity index (χ1) is 20.2. The Hall–Kier alpha value is -4.69. The fraction of sp³-hybridized carbons (Fsp3) is 0.393. The molecule has 0 aromatic carbocycles. The van der Waals surface area contributed by atoms with Gasteiger partial charge in [0.25, 0.3) is 5.56 Å². The minimum atomic E-state index is -4.47. The largest absolute Gasteiger partial charge is 0.465 e. The maximum Gasteiger partial charge on any atom is 0.407 e. The molecule has 0 aliphatic heterocycles. The van der Waals surface area contributed by atoms with Gasteiger partial charge in [0.05, 0.1) is 29.7 Å². The van der Waals surface area contributed by atoms with Crippen LogP contribution in [0.2, 0.25) is 0 Å². The number of hydrogen-bond acceptors (Lipinski definition) is 5. The van der Waals surface area contributed by atoms with E-state index in [0.717, 1.165) is 11.1 Å². The zero-order chi connectivity index (χ0) is 31.9. The van der Waals surface area contributed by atoms with E-state index in [1.165, 1.54) is 47.0 Å². The van der Waals surface area contributed by atoms with Crippen LogP contribution in [0.1, 0.15) is 30.5 Å². The van der Waals surface area contributed by atoms with Crippen molar-refractivity contribution in [1.29, 1.82) is 0 Å². The molecule has 1 atom stereocenters. The lowest BCUT2D eigenvalue weighted by molar-refractivity contribution is -0.134. The van der Waals surface area contributed by atoms with Gasteiger partial charge in [-0.15, -0.1) is 0 Å². The van der Waals surface area contributed by atoms with Crippen molar-refractivity contribution in [3.05, 3.63) is 70.2 Å². The molecular formula is C28H32F4N6O5. The molecule has 0 unspecified atom stereocenters. The fourth-order valence-corrected chi connectivity index (χ4v) is 4.27. The molecule has 0 radical (unpaired) electrons. The van der Waals surface area contributed by atoms with Crippen LogP contribution in [0.5, 0.6) is 0 Å². The number of allylic oxidation sites excluding steroid dienone is 1. The molecule has 43 heavy (non-hydrogen) atoms. The van der Waals surface area contributed by atoms with Crippen LogP contribution >= 0.6 is 0 Å². The second kappa shape index (κ2) is 14.0. The van der Waals surface area contributed by atoms with Gasteiger partial charge >= 0.3 is 12.3 Å². The number of carboxylic acid groups (broad SMARTS) is 1. The van der Waals surface area contributed by atoms with Crippen molar-refractivity contribution in [2.24, 2.45) is 5.92 Å². The third-order valence-corrected chi connectivity index (χ3v) is 6.61. The summed E-state index contributed by atoms with van der Waals surface area (Å²) in [5.74, 6) is -2.58. The highest BCUT2D eigenvalue weighted by molar-refractivity contribution is 5.92. The number of likely N-dealkylation sites (N-methyl/N-ethyl adjacent to an activating group) is 1. The Kier molecular flexibility index (Phi) is 10.7. The lowest BCUT2D eigenvalue weighted by atomic mass is 10.0. The minimum Gasteiger partial charge on any atom is -0.465 e. The van der Waals surface area contributed by atoms with Crippen LogP contribution in [-0.2, 0) is 22.6 Å². The van der Waals surface area contributed by atoms with E-state index in [1.807, 2.05) is 0 Å². The number of aromatic nitrogens is 3. The predicted octanol–water partition coefficient (Wildman–Crippen LogP) is 4.00. The number of fused-ring (bicyclic) bond motifs is 1. The molecular weight excluding hydrogens is 576 g/mol. The summed E-state index contributed by atoms with van der Waals surface area (Å²) in [5.41, 5.74) is -0.152. The fourth-order valence-electron chi connectivity index (χ4n) is 4.27. The first kappa shape index (κ1) is 32.8. The molecule has 0 saturated heterocycles. The second-order valence-corrected chi connectivity index (χ2v) is 10.2. The molecule has 3 amide bonds. The van der Waals surface area contributed by atoms with Crippen molar-refractivity contribution in [3.8, 4) is 0 Å². The molecule has 11 nitrogen and oxygen atoms in total. The summed E-state index contributed by atoms with van der Waals surface area (Å²) in [4.78, 5) is 58.5. The molecule has 0 fully saturated rings. The van der Waals surface area contributed by atoms with Gasteiger partial charge in [0.2, 0.25) is 11.8 Å². The van der Waals surface area contributed by atoms with E-state index in [4.69, 9.17) is 0 Å². The summed E-state index contributed by atoms with van der Waals surface area (Å²) in [6, 6.07) is 4.37. The molecule has 0 saturated carbocycles. The Morgan fingerprint density at radius 1 is 1.23 bits per heavy atom. The van der Waals surface area contributed by atoms with Crippen LogP contribution in [0.4, 0.5) is 28.0 Å². The highest BCUT2D eigenvalue weighted by atomic mass is 19.4.